The first-order valence-electron chi connectivity index (χ1n) is 9.19. The van der Waals surface area contributed by atoms with E-state index in [-0.39, 0.29) is 17.4 Å². The smallest absolute Gasteiger partial charge is 0.225 e. The van der Waals surface area contributed by atoms with Gasteiger partial charge in [-0.25, -0.2) is 4.98 Å². The Morgan fingerprint density at radius 1 is 1.28 bits per heavy atom. The van der Waals surface area contributed by atoms with Crippen molar-refractivity contribution >= 4 is 5.91 Å². The van der Waals surface area contributed by atoms with Crippen LogP contribution in [0, 0.1) is 5.92 Å². The van der Waals surface area contributed by atoms with E-state index in [0.29, 0.717) is 0 Å². The van der Waals surface area contributed by atoms with Crippen molar-refractivity contribution in [2.45, 2.75) is 44.2 Å². The van der Waals surface area contributed by atoms with Crippen molar-refractivity contribution < 1.29 is 4.79 Å². The molecular formula is C19H25N5O. The van der Waals surface area contributed by atoms with Gasteiger partial charge in [-0.2, -0.15) is 5.10 Å². The van der Waals surface area contributed by atoms with E-state index in [0.717, 1.165) is 57.6 Å². The highest BCUT2D eigenvalue weighted by atomic mass is 16.2. The average molecular weight is 339 g/mol. The summed E-state index contributed by atoms with van der Waals surface area (Å²) in [5, 5.41) is 10.2. The van der Waals surface area contributed by atoms with Crippen LogP contribution in [0.5, 0.6) is 0 Å². The molecular weight excluding hydrogens is 314 g/mol. The molecule has 2 fully saturated rings. The minimum atomic E-state index is -0.324. The fourth-order valence-corrected chi connectivity index (χ4v) is 3.98. The highest BCUT2D eigenvalue weighted by molar-refractivity contribution is 5.80. The number of aromatic amines is 1. The monoisotopic (exact) mass is 339 g/mol. The molecule has 2 aromatic rings. The number of likely N-dealkylation sites (tertiary alicyclic amines) is 1. The quantitative estimate of drug-likeness (QED) is 0.876. The third-order valence-electron chi connectivity index (χ3n) is 5.56. The highest BCUT2D eigenvalue weighted by Crippen LogP contribution is 2.39. The summed E-state index contributed by atoms with van der Waals surface area (Å²) in [6.07, 6.45) is 6.54. The lowest BCUT2D eigenvalue weighted by Crippen LogP contribution is -2.55. The van der Waals surface area contributed by atoms with Crippen LogP contribution in [-0.4, -0.2) is 39.1 Å². The molecule has 1 aliphatic heterocycles. The lowest BCUT2D eigenvalue weighted by atomic mass is 9.75. The van der Waals surface area contributed by atoms with Crippen molar-refractivity contribution in [1.29, 1.82) is 0 Å². The molecule has 25 heavy (non-hydrogen) atoms. The molecule has 0 unspecified atom stereocenters. The summed E-state index contributed by atoms with van der Waals surface area (Å²) in [5.74, 6) is 1.01. The van der Waals surface area contributed by atoms with Gasteiger partial charge in [0, 0.05) is 13.1 Å². The van der Waals surface area contributed by atoms with Gasteiger partial charge in [0.2, 0.25) is 5.91 Å². The molecule has 1 saturated carbocycles. The number of rotatable bonds is 5. The zero-order valence-electron chi connectivity index (χ0n) is 14.4. The van der Waals surface area contributed by atoms with Crippen LogP contribution >= 0.6 is 0 Å². The Balaban J connectivity index is 1.38. The van der Waals surface area contributed by atoms with Crippen LogP contribution < -0.4 is 5.32 Å². The fraction of sp³-hybridized carbons (Fsp3) is 0.526. The van der Waals surface area contributed by atoms with Crippen molar-refractivity contribution in [2.24, 2.45) is 5.92 Å². The minimum Gasteiger partial charge on any atom is -0.343 e. The number of H-pyrrole nitrogens is 1. The number of carbonyl (C=O) groups excluding carboxylic acids is 1. The van der Waals surface area contributed by atoms with E-state index in [9.17, 15) is 4.79 Å². The van der Waals surface area contributed by atoms with Gasteiger partial charge in [0.05, 0.1) is 11.5 Å². The van der Waals surface area contributed by atoms with Crippen LogP contribution in [-0.2, 0) is 16.9 Å². The van der Waals surface area contributed by atoms with Gasteiger partial charge in [0.25, 0.3) is 0 Å². The molecule has 0 spiro atoms. The number of piperidine rings is 1. The van der Waals surface area contributed by atoms with Gasteiger partial charge in [0.15, 0.2) is 0 Å². The number of aromatic nitrogens is 3. The van der Waals surface area contributed by atoms with E-state index < -0.39 is 0 Å². The molecule has 6 heteroatoms. The van der Waals surface area contributed by atoms with Crippen molar-refractivity contribution in [1.82, 2.24) is 25.4 Å². The number of amides is 1. The molecule has 1 aromatic carbocycles. The summed E-state index contributed by atoms with van der Waals surface area (Å²) in [7, 11) is 0. The molecule has 4 rings (SSSR count). The summed E-state index contributed by atoms with van der Waals surface area (Å²) in [4.78, 5) is 19.6. The SMILES string of the molecule is O=C(NC1(c2ncn[nH]2)CCC1)[C@@H]1CCCN(Cc2ccccc2)C1. The molecule has 1 amide bonds. The Labute approximate surface area is 148 Å². The Kier molecular flexibility index (Phi) is 4.53. The van der Waals surface area contributed by atoms with Crippen LogP contribution in [0.4, 0.5) is 0 Å². The zero-order valence-corrected chi connectivity index (χ0v) is 14.4. The van der Waals surface area contributed by atoms with Crippen LogP contribution in [0.25, 0.3) is 0 Å². The van der Waals surface area contributed by atoms with Crippen LogP contribution in [0.1, 0.15) is 43.5 Å². The maximum absolute atomic E-state index is 12.9. The van der Waals surface area contributed by atoms with Gasteiger partial charge < -0.3 is 5.32 Å². The minimum absolute atomic E-state index is 0.0536. The molecule has 0 radical (unpaired) electrons. The molecule has 1 saturated heterocycles. The molecule has 1 atom stereocenters. The second kappa shape index (κ2) is 6.96. The maximum atomic E-state index is 12.9. The zero-order chi connectivity index (χ0) is 17.1. The van der Waals surface area contributed by atoms with Gasteiger partial charge in [-0.3, -0.25) is 14.8 Å². The number of carbonyl (C=O) groups is 1. The topological polar surface area (TPSA) is 73.9 Å². The normalized spacial score (nSPS) is 23.0. The van der Waals surface area contributed by atoms with E-state index in [1.165, 1.54) is 11.9 Å². The largest absolute Gasteiger partial charge is 0.343 e. The van der Waals surface area contributed by atoms with Crippen molar-refractivity contribution in [3.63, 3.8) is 0 Å². The highest BCUT2D eigenvalue weighted by Gasteiger charge is 2.44. The number of nitrogens with one attached hydrogen (secondary N) is 2. The van der Waals surface area contributed by atoms with E-state index in [2.05, 4.69) is 49.7 Å². The Hall–Kier alpha value is -2.21. The molecule has 2 aliphatic rings. The molecule has 2 heterocycles. The van der Waals surface area contributed by atoms with E-state index in [1.54, 1.807) is 0 Å². The van der Waals surface area contributed by atoms with Gasteiger partial charge >= 0.3 is 0 Å². The predicted octanol–water partition coefficient (Wildman–Crippen LogP) is 2.21. The molecule has 1 aromatic heterocycles. The third kappa shape index (κ3) is 3.44. The van der Waals surface area contributed by atoms with Crippen LogP contribution in [0.15, 0.2) is 36.7 Å². The first kappa shape index (κ1) is 16.3. The van der Waals surface area contributed by atoms with Gasteiger partial charge in [0.1, 0.15) is 12.2 Å². The van der Waals surface area contributed by atoms with Crippen molar-refractivity contribution in [3.05, 3.63) is 48.0 Å². The Bertz CT molecular complexity index is 696. The molecule has 2 N–H and O–H groups in total. The van der Waals surface area contributed by atoms with Gasteiger partial charge in [-0.05, 0) is 44.2 Å². The maximum Gasteiger partial charge on any atom is 0.225 e. The molecule has 0 bridgehead atoms. The summed E-state index contributed by atoms with van der Waals surface area (Å²) >= 11 is 0. The second-order valence-electron chi connectivity index (χ2n) is 7.32. The summed E-state index contributed by atoms with van der Waals surface area (Å²) in [6, 6.07) is 10.5. The second-order valence-corrected chi connectivity index (χ2v) is 7.32. The Morgan fingerprint density at radius 2 is 2.12 bits per heavy atom. The standard InChI is InChI=1S/C19H25N5O/c25-17(22-19(9-5-10-19)18-20-14-21-23-18)16-8-4-11-24(13-16)12-15-6-2-1-3-7-15/h1-3,6-7,14,16H,4-5,8-13H2,(H,22,25)(H,20,21,23)/t16-/m1/s1. The summed E-state index contributed by atoms with van der Waals surface area (Å²) in [6.45, 7) is 2.80. The van der Waals surface area contributed by atoms with Crippen LogP contribution in [0.2, 0.25) is 0 Å². The van der Waals surface area contributed by atoms with Gasteiger partial charge in [-0.15, -0.1) is 0 Å². The van der Waals surface area contributed by atoms with Crippen molar-refractivity contribution in [2.75, 3.05) is 13.1 Å². The van der Waals surface area contributed by atoms with E-state index >= 15 is 0 Å². The van der Waals surface area contributed by atoms with Crippen LogP contribution in [0.3, 0.4) is 0 Å². The first-order chi connectivity index (χ1) is 12.3. The number of nitrogens with zero attached hydrogens (tertiary/aromatic N) is 3. The average Bonchev–Trinajstić information content (AvgIpc) is 3.14. The summed E-state index contributed by atoms with van der Waals surface area (Å²) in [5.41, 5.74) is 0.982. The van der Waals surface area contributed by atoms with Crippen molar-refractivity contribution in [3.8, 4) is 0 Å². The molecule has 1 aliphatic carbocycles. The number of hydrogen-bond donors (Lipinski definition) is 2. The van der Waals surface area contributed by atoms with E-state index in [4.69, 9.17) is 0 Å². The van der Waals surface area contributed by atoms with Gasteiger partial charge in [-0.1, -0.05) is 30.3 Å². The molecule has 132 valence electrons. The predicted molar refractivity (Wildman–Crippen MR) is 94.5 cm³/mol. The Morgan fingerprint density at radius 3 is 2.80 bits per heavy atom. The first-order valence-corrected chi connectivity index (χ1v) is 9.19. The number of benzene rings is 1. The summed E-state index contributed by atoms with van der Waals surface area (Å²) < 4.78 is 0. The number of hydrogen-bond acceptors (Lipinski definition) is 4. The molecule has 6 nitrogen and oxygen atoms in total. The third-order valence-corrected chi connectivity index (χ3v) is 5.56. The lowest BCUT2D eigenvalue weighted by Gasteiger charge is -2.42. The lowest BCUT2D eigenvalue weighted by molar-refractivity contribution is -0.130. The fourth-order valence-electron chi connectivity index (χ4n) is 3.98. The van der Waals surface area contributed by atoms with E-state index in [1.807, 2.05) is 6.07 Å².